The van der Waals surface area contributed by atoms with Gasteiger partial charge >= 0.3 is 0 Å². The smallest absolute Gasteiger partial charge is 0.160 e. The van der Waals surface area contributed by atoms with Gasteiger partial charge in [-0.1, -0.05) is 12.1 Å². The van der Waals surface area contributed by atoms with E-state index in [-0.39, 0.29) is 5.78 Å². The fourth-order valence-corrected chi connectivity index (χ4v) is 4.29. The van der Waals surface area contributed by atoms with Crippen molar-refractivity contribution in [2.24, 2.45) is 0 Å². The maximum absolute atomic E-state index is 11.5. The van der Waals surface area contributed by atoms with Crippen LogP contribution in [0.2, 0.25) is 0 Å². The summed E-state index contributed by atoms with van der Waals surface area (Å²) in [5, 5.41) is 0. The molecule has 0 unspecified atom stereocenters. The molecule has 0 atom stereocenters. The summed E-state index contributed by atoms with van der Waals surface area (Å²) in [6, 6.07) is 10.2. The van der Waals surface area contributed by atoms with Crippen molar-refractivity contribution in [3.63, 3.8) is 0 Å². The van der Waals surface area contributed by atoms with Crippen molar-refractivity contribution < 1.29 is 14.3 Å². The van der Waals surface area contributed by atoms with Crippen LogP contribution >= 0.6 is 0 Å². The van der Waals surface area contributed by atoms with Crippen molar-refractivity contribution in [2.45, 2.75) is 58.3 Å². The van der Waals surface area contributed by atoms with Gasteiger partial charge in [-0.05, 0) is 98.7 Å². The van der Waals surface area contributed by atoms with E-state index in [1.807, 2.05) is 12.1 Å². The van der Waals surface area contributed by atoms with Gasteiger partial charge in [0.05, 0.1) is 14.2 Å². The summed E-state index contributed by atoms with van der Waals surface area (Å²) in [6.07, 6.45) is 9.51. The number of aryl methyl sites for hydroxylation is 1. The number of hydrogen-bond acceptors (Lipinski definition) is 3. The second-order valence-electron chi connectivity index (χ2n) is 7.34. The van der Waals surface area contributed by atoms with Gasteiger partial charge in [-0.3, -0.25) is 4.79 Å². The highest BCUT2D eigenvalue weighted by molar-refractivity contribution is 5.96. The number of ether oxygens (including phenoxy) is 2. The molecule has 4 rings (SSSR count). The predicted octanol–water partition coefficient (Wildman–Crippen LogP) is 5.35. The topological polar surface area (TPSA) is 35.5 Å². The number of benzene rings is 2. The van der Waals surface area contributed by atoms with E-state index in [0.29, 0.717) is 0 Å². The van der Waals surface area contributed by atoms with Crippen LogP contribution in [0.15, 0.2) is 30.3 Å². The summed E-state index contributed by atoms with van der Waals surface area (Å²) in [6.45, 7) is 1.64. The van der Waals surface area contributed by atoms with Crippen LogP contribution < -0.4 is 9.47 Å². The van der Waals surface area contributed by atoms with Gasteiger partial charge in [-0.25, -0.2) is 0 Å². The highest BCUT2D eigenvalue weighted by atomic mass is 16.5. The third kappa shape index (κ3) is 4.35. The molecule has 144 valence electrons. The van der Waals surface area contributed by atoms with Crippen LogP contribution in [0.25, 0.3) is 0 Å². The van der Waals surface area contributed by atoms with Crippen LogP contribution in [0, 0.1) is 0 Å². The molecule has 0 aliphatic heterocycles. The van der Waals surface area contributed by atoms with Crippen molar-refractivity contribution in [2.75, 3.05) is 14.2 Å². The zero-order valence-electron chi connectivity index (χ0n) is 16.8. The molecule has 0 heterocycles. The van der Waals surface area contributed by atoms with E-state index < -0.39 is 0 Å². The Morgan fingerprint density at radius 1 is 0.741 bits per heavy atom. The average molecular weight is 367 g/mol. The molecular weight excluding hydrogens is 336 g/mol. The number of ketones is 1. The SMILES string of the molecule is COc1ccc(C(C)=O)c2c1CCCC2.COc1cccc2c1CCCC2. The molecule has 0 radical (unpaired) electrons. The lowest BCUT2D eigenvalue weighted by Gasteiger charge is -2.20. The molecule has 2 aromatic carbocycles. The minimum Gasteiger partial charge on any atom is -0.496 e. The first-order valence-electron chi connectivity index (χ1n) is 10.00. The highest BCUT2D eigenvalue weighted by Gasteiger charge is 2.19. The largest absolute Gasteiger partial charge is 0.496 e. The molecule has 2 aliphatic rings. The molecule has 0 fully saturated rings. The monoisotopic (exact) mass is 366 g/mol. The number of carbonyl (C=O) groups is 1. The third-order valence-electron chi connectivity index (χ3n) is 5.66. The van der Waals surface area contributed by atoms with Gasteiger partial charge in [0.15, 0.2) is 5.78 Å². The van der Waals surface area contributed by atoms with Gasteiger partial charge in [0.1, 0.15) is 11.5 Å². The number of hydrogen-bond donors (Lipinski definition) is 0. The van der Waals surface area contributed by atoms with Crippen molar-refractivity contribution >= 4 is 5.78 Å². The summed E-state index contributed by atoms with van der Waals surface area (Å²) in [4.78, 5) is 11.5. The minimum absolute atomic E-state index is 0.163. The van der Waals surface area contributed by atoms with Gasteiger partial charge in [-0.2, -0.15) is 0 Å². The Balaban J connectivity index is 0.000000159. The van der Waals surface area contributed by atoms with Gasteiger partial charge < -0.3 is 9.47 Å². The van der Waals surface area contributed by atoms with Crippen molar-refractivity contribution in [3.05, 3.63) is 58.1 Å². The second kappa shape index (κ2) is 9.07. The molecular formula is C24H30O3. The van der Waals surface area contributed by atoms with E-state index in [0.717, 1.165) is 29.9 Å². The van der Waals surface area contributed by atoms with E-state index in [1.54, 1.807) is 21.1 Å². The molecule has 0 bridgehead atoms. The van der Waals surface area contributed by atoms with E-state index in [2.05, 4.69) is 18.2 Å². The number of methoxy groups -OCH3 is 2. The standard InChI is InChI=1S/C13H16O2.C11H14O/c1-9(14)10-7-8-13(15-2)12-6-4-3-5-11(10)12;1-12-11-8-4-6-9-5-2-3-7-10(9)11/h7-8H,3-6H2,1-2H3;4,6,8H,2-3,5,7H2,1H3. The molecule has 0 amide bonds. The lowest BCUT2D eigenvalue weighted by molar-refractivity contribution is 0.101. The fourth-order valence-electron chi connectivity index (χ4n) is 4.29. The lowest BCUT2D eigenvalue weighted by atomic mass is 9.86. The Hall–Kier alpha value is -2.29. The van der Waals surface area contributed by atoms with Gasteiger partial charge in [0.25, 0.3) is 0 Å². The summed E-state index contributed by atoms with van der Waals surface area (Å²) in [5.74, 6) is 2.18. The van der Waals surface area contributed by atoms with Crippen LogP contribution in [0.5, 0.6) is 11.5 Å². The Morgan fingerprint density at radius 3 is 2.00 bits per heavy atom. The predicted molar refractivity (Wildman–Crippen MR) is 109 cm³/mol. The second-order valence-corrected chi connectivity index (χ2v) is 7.34. The molecule has 0 N–H and O–H groups in total. The maximum atomic E-state index is 11.5. The Morgan fingerprint density at radius 2 is 1.33 bits per heavy atom. The van der Waals surface area contributed by atoms with E-state index in [4.69, 9.17) is 9.47 Å². The van der Waals surface area contributed by atoms with Crippen molar-refractivity contribution in [1.82, 2.24) is 0 Å². The van der Waals surface area contributed by atoms with Crippen LogP contribution in [0.4, 0.5) is 0 Å². The quantitative estimate of drug-likeness (QED) is 0.687. The van der Waals surface area contributed by atoms with Gasteiger partial charge in [0.2, 0.25) is 0 Å². The Kier molecular flexibility index (Phi) is 6.54. The molecule has 0 saturated heterocycles. The van der Waals surface area contributed by atoms with Crippen LogP contribution in [-0.2, 0) is 25.7 Å². The number of carbonyl (C=O) groups excluding carboxylic acids is 1. The summed E-state index contributed by atoms with van der Waals surface area (Å²) in [5.41, 5.74) is 6.27. The number of rotatable bonds is 3. The fraction of sp³-hybridized carbons (Fsp3) is 0.458. The van der Waals surface area contributed by atoms with E-state index in [1.165, 1.54) is 60.8 Å². The van der Waals surface area contributed by atoms with Gasteiger partial charge in [0, 0.05) is 5.56 Å². The van der Waals surface area contributed by atoms with Crippen LogP contribution in [0.3, 0.4) is 0 Å². The maximum Gasteiger partial charge on any atom is 0.160 e. The summed E-state index contributed by atoms with van der Waals surface area (Å²) >= 11 is 0. The summed E-state index contributed by atoms with van der Waals surface area (Å²) in [7, 11) is 3.45. The lowest BCUT2D eigenvalue weighted by Crippen LogP contribution is -2.10. The third-order valence-corrected chi connectivity index (χ3v) is 5.66. The van der Waals surface area contributed by atoms with Crippen LogP contribution in [-0.4, -0.2) is 20.0 Å². The Labute approximate surface area is 162 Å². The molecule has 2 aromatic rings. The highest BCUT2D eigenvalue weighted by Crippen LogP contribution is 2.32. The first kappa shape index (κ1) is 19.5. The summed E-state index contributed by atoms with van der Waals surface area (Å²) < 4.78 is 10.6. The molecule has 0 aromatic heterocycles. The molecule has 2 aliphatic carbocycles. The first-order valence-corrected chi connectivity index (χ1v) is 10.00. The minimum atomic E-state index is 0.163. The van der Waals surface area contributed by atoms with Gasteiger partial charge in [-0.15, -0.1) is 0 Å². The molecule has 3 heteroatoms. The molecule has 0 spiro atoms. The molecule has 0 saturated carbocycles. The van der Waals surface area contributed by atoms with E-state index >= 15 is 0 Å². The molecule has 3 nitrogen and oxygen atoms in total. The normalized spacial score (nSPS) is 14.9. The zero-order chi connectivity index (χ0) is 19.2. The number of fused-ring (bicyclic) bond motifs is 2. The van der Waals surface area contributed by atoms with Crippen molar-refractivity contribution in [1.29, 1.82) is 0 Å². The van der Waals surface area contributed by atoms with Crippen LogP contribution in [0.1, 0.15) is 65.2 Å². The number of Topliss-reactive ketones (excluding diaryl/α,β-unsaturated/α-hetero) is 1. The zero-order valence-corrected chi connectivity index (χ0v) is 16.8. The average Bonchev–Trinajstić information content (AvgIpc) is 2.72. The van der Waals surface area contributed by atoms with Crippen molar-refractivity contribution in [3.8, 4) is 11.5 Å². The Bertz CT molecular complexity index is 793. The first-order chi connectivity index (χ1) is 13.2. The molecule has 27 heavy (non-hydrogen) atoms. The van der Waals surface area contributed by atoms with E-state index in [9.17, 15) is 4.79 Å².